The number of fused-ring (bicyclic) bond motifs is 1. The van der Waals surface area contributed by atoms with E-state index in [4.69, 9.17) is 27.9 Å². The molecule has 0 fully saturated rings. The first-order chi connectivity index (χ1) is 7.72. The molecular formula is C12H11Cl2NO. The number of hydrogen-bond acceptors (Lipinski definition) is 2. The maximum absolute atomic E-state index is 6.09. The van der Waals surface area contributed by atoms with Gasteiger partial charge in [-0.25, -0.2) is 4.98 Å². The van der Waals surface area contributed by atoms with E-state index in [9.17, 15) is 0 Å². The van der Waals surface area contributed by atoms with Crippen molar-refractivity contribution in [2.24, 2.45) is 0 Å². The van der Waals surface area contributed by atoms with Gasteiger partial charge in [0, 0.05) is 21.9 Å². The van der Waals surface area contributed by atoms with Crippen LogP contribution in [-0.2, 0) is 0 Å². The summed E-state index contributed by atoms with van der Waals surface area (Å²) in [6.07, 6.45) is 0.930. The SMILES string of the molecule is CCCOc1cc2c(Cl)cccc2c(Cl)n1. The average Bonchev–Trinajstić information content (AvgIpc) is 2.28. The van der Waals surface area contributed by atoms with Gasteiger partial charge in [-0.2, -0.15) is 0 Å². The zero-order valence-corrected chi connectivity index (χ0v) is 10.3. The van der Waals surface area contributed by atoms with Crippen molar-refractivity contribution in [3.05, 3.63) is 34.4 Å². The van der Waals surface area contributed by atoms with Gasteiger partial charge in [-0.15, -0.1) is 0 Å². The number of aromatic nitrogens is 1. The Morgan fingerprint density at radius 2 is 2.06 bits per heavy atom. The lowest BCUT2D eigenvalue weighted by Crippen LogP contribution is -1.97. The Balaban J connectivity index is 2.52. The predicted octanol–water partition coefficient (Wildman–Crippen LogP) is 4.33. The Kier molecular flexibility index (Phi) is 3.52. The molecule has 0 N–H and O–H groups in total. The van der Waals surface area contributed by atoms with E-state index in [0.29, 0.717) is 22.7 Å². The predicted molar refractivity (Wildman–Crippen MR) is 67.5 cm³/mol. The summed E-state index contributed by atoms with van der Waals surface area (Å²) in [6.45, 7) is 2.66. The number of halogens is 2. The molecule has 0 aliphatic carbocycles. The molecular weight excluding hydrogens is 245 g/mol. The van der Waals surface area contributed by atoms with E-state index in [2.05, 4.69) is 4.98 Å². The third-order valence-electron chi connectivity index (χ3n) is 2.21. The molecule has 0 saturated carbocycles. The molecule has 2 nitrogen and oxygen atoms in total. The van der Waals surface area contributed by atoms with Crippen molar-refractivity contribution in [3.63, 3.8) is 0 Å². The Morgan fingerprint density at radius 3 is 2.81 bits per heavy atom. The van der Waals surface area contributed by atoms with Crippen LogP contribution in [0, 0.1) is 0 Å². The molecule has 0 spiro atoms. The summed E-state index contributed by atoms with van der Waals surface area (Å²) >= 11 is 12.2. The normalized spacial score (nSPS) is 10.7. The van der Waals surface area contributed by atoms with Crippen LogP contribution in [0.3, 0.4) is 0 Å². The molecule has 1 aromatic heterocycles. The van der Waals surface area contributed by atoms with Crippen molar-refractivity contribution >= 4 is 34.0 Å². The molecule has 84 valence electrons. The molecule has 4 heteroatoms. The van der Waals surface area contributed by atoms with E-state index in [1.54, 1.807) is 0 Å². The van der Waals surface area contributed by atoms with Crippen LogP contribution in [0.2, 0.25) is 10.2 Å². The van der Waals surface area contributed by atoms with E-state index in [1.807, 2.05) is 31.2 Å². The van der Waals surface area contributed by atoms with Crippen molar-refractivity contribution < 1.29 is 4.74 Å². The maximum Gasteiger partial charge on any atom is 0.215 e. The first-order valence-electron chi connectivity index (χ1n) is 5.10. The van der Waals surface area contributed by atoms with Gasteiger partial charge >= 0.3 is 0 Å². The number of hydrogen-bond donors (Lipinski definition) is 0. The van der Waals surface area contributed by atoms with Crippen LogP contribution in [0.4, 0.5) is 0 Å². The summed E-state index contributed by atoms with van der Waals surface area (Å²) in [4.78, 5) is 4.16. The molecule has 0 saturated heterocycles. The second kappa shape index (κ2) is 4.89. The number of rotatable bonds is 3. The lowest BCUT2D eigenvalue weighted by molar-refractivity contribution is 0.306. The van der Waals surface area contributed by atoms with Crippen LogP contribution in [0.15, 0.2) is 24.3 Å². The third-order valence-corrected chi connectivity index (χ3v) is 2.82. The van der Waals surface area contributed by atoms with Crippen LogP contribution in [0.25, 0.3) is 10.8 Å². The standard InChI is InChI=1S/C12H11Cl2NO/c1-2-6-16-11-7-9-8(12(14)15-11)4-3-5-10(9)13/h3-5,7H,2,6H2,1H3. The quantitative estimate of drug-likeness (QED) is 0.762. The minimum atomic E-state index is 0.422. The highest BCUT2D eigenvalue weighted by Crippen LogP contribution is 2.30. The summed E-state index contributed by atoms with van der Waals surface area (Å²) in [5.74, 6) is 0.521. The largest absolute Gasteiger partial charge is 0.478 e. The topological polar surface area (TPSA) is 22.1 Å². The second-order valence-electron chi connectivity index (χ2n) is 3.43. The van der Waals surface area contributed by atoms with Gasteiger partial charge in [-0.3, -0.25) is 0 Å². The molecule has 0 atom stereocenters. The minimum Gasteiger partial charge on any atom is -0.478 e. The Morgan fingerprint density at radius 1 is 1.25 bits per heavy atom. The van der Waals surface area contributed by atoms with E-state index >= 15 is 0 Å². The highest BCUT2D eigenvalue weighted by atomic mass is 35.5. The van der Waals surface area contributed by atoms with Crippen LogP contribution in [0.5, 0.6) is 5.88 Å². The van der Waals surface area contributed by atoms with Crippen molar-refractivity contribution in [2.75, 3.05) is 6.61 Å². The molecule has 1 aromatic carbocycles. The van der Waals surface area contributed by atoms with Crippen LogP contribution in [0.1, 0.15) is 13.3 Å². The van der Waals surface area contributed by atoms with E-state index in [-0.39, 0.29) is 0 Å². The number of ether oxygens (including phenoxy) is 1. The molecule has 16 heavy (non-hydrogen) atoms. The van der Waals surface area contributed by atoms with E-state index in [0.717, 1.165) is 17.2 Å². The van der Waals surface area contributed by atoms with Crippen molar-refractivity contribution in [3.8, 4) is 5.88 Å². The van der Waals surface area contributed by atoms with Gasteiger partial charge in [0.25, 0.3) is 0 Å². The van der Waals surface area contributed by atoms with Gasteiger partial charge in [0.1, 0.15) is 5.15 Å². The second-order valence-corrected chi connectivity index (χ2v) is 4.20. The highest BCUT2D eigenvalue weighted by Gasteiger charge is 2.07. The molecule has 1 heterocycles. The van der Waals surface area contributed by atoms with Gasteiger partial charge in [0.15, 0.2) is 0 Å². The number of nitrogens with zero attached hydrogens (tertiary/aromatic N) is 1. The zero-order valence-electron chi connectivity index (χ0n) is 8.84. The monoisotopic (exact) mass is 255 g/mol. The fourth-order valence-electron chi connectivity index (χ4n) is 1.46. The molecule has 0 bridgehead atoms. The van der Waals surface area contributed by atoms with Gasteiger partial charge < -0.3 is 4.74 Å². The maximum atomic E-state index is 6.09. The molecule has 0 unspecified atom stereocenters. The average molecular weight is 256 g/mol. The number of benzene rings is 1. The van der Waals surface area contributed by atoms with Crippen molar-refractivity contribution in [1.82, 2.24) is 4.98 Å². The first-order valence-corrected chi connectivity index (χ1v) is 5.85. The summed E-state index contributed by atoms with van der Waals surface area (Å²) in [6, 6.07) is 7.38. The van der Waals surface area contributed by atoms with E-state index in [1.165, 1.54) is 0 Å². The fourth-order valence-corrected chi connectivity index (χ4v) is 1.93. The van der Waals surface area contributed by atoms with Gasteiger partial charge in [0.2, 0.25) is 5.88 Å². The first kappa shape index (κ1) is 11.5. The highest BCUT2D eigenvalue weighted by molar-refractivity contribution is 6.39. The summed E-state index contributed by atoms with van der Waals surface area (Å²) in [5.41, 5.74) is 0. The third kappa shape index (κ3) is 2.23. The zero-order chi connectivity index (χ0) is 11.5. The number of pyridine rings is 1. The molecule has 2 rings (SSSR count). The van der Waals surface area contributed by atoms with Gasteiger partial charge in [-0.1, -0.05) is 42.3 Å². The van der Waals surface area contributed by atoms with Crippen LogP contribution < -0.4 is 4.74 Å². The lowest BCUT2D eigenvalue weighted by atomic mass is 10.2. The van der Waals surface area contributed by atoms with Gasteiger partial charge in [-0.05, 0) is 12.5 Å². The van der Waals surface area contributed by atoms with Crippen LogP contribution >= 0.6 is 23.2 Å². The Labute approximate surface area is 104 Å². The smallest absolute Gasteiger partial charge is 0.215 e. The lowest BCUT2D eigenvalue weighted by Gasteiger charge is -2.07. The summed E-state index contributed by atoms with van der Waals surface area (Å²) in [7, 11) is 0. The fraction of sp³-hybridized carbons (Fsp3) is 0.250. The van der Waals surface area contributed by atoms with E-state index < -0.39 is 0 Å². The van der Waals surface area contributed by atoms with Crippen molar-refractivity contribution in [2.45, 2.75) is 13.3 Å². The Hall–Kier alpha value is -0.990. The molecule has 0 radical (unpaired) electrons. The molecule has 0 amide bonds. The van der Waals surface area contributed by atoms with Gasteiger partial charge in [0.05, 0.1) is 6.61 Å². The molecule has 0 aliphatic heterocycles. The van der Waals surface area contributed by atoms with Crippen molar-refractivity contribution in [1.29, 1.82) is 0 Å². The molecule has 2 aromatic rings. The Bertz CT molecular complexity index is 514. The minimum absolute atomic E-state index is 0.422. The van der Waals surface area contributed by atoms with Crippen LogP contribution in [-0.4, -0.2) is 11.6 Å². The summed E-state index contributed by atoms with van der Waals surface area (Å²) < 4.78 is 5.44. The molecule has 0 aliphatic rings. The summed E-state index contributed by atoms with van der Waals surface area (Å²) in [5, 5.41) is 2.79.